The first-order valence-corrected chi connectivity index (χ1v) is 6.69. The zero-order valence-electron chi connectivity index (χ0n) is 9.58. The van der Waals surface area contributed by atoms with E-state index in [-0.39, 0.29) is 6.10 Å². The number of rotatable bonds is 4. The molecular formula is C13H18BrNO. The van der Waals surface area contributed by atoms with Gasteiger partial charge in [-0.2, -0.15) is 0 Å². The highest BCUT2D eigenvalue weighted by Gasteiger charge is 2.30. The van der Waals surface area contributed by atoms with Gasteiger partial charge >= 0.3 is 0 Å². The highest BCUT2D eigenvalue weighted by atomic mass is 79.9. The maximum absolute atomic E-state index is 5.86. The lowest BCUT2D eigenvalue weighted by Gasteiger charge is -2.20. The lowest BCUT2D eigenvalue weighted by molar-refractivity contribution is 0.0901. The zero-order valence-corrected chi connectivity index (χ0v) is 11.2. The van der Waals surface area contributed by atoms with Gasteiger partial charge in [-0.3, -0.25) is 0 Å². The first kappa shape index (κ1) is 12.1. The highest BCUT2D eigenvalue weighted by molar-refractivity contribution is 9.10. The molecule has 2 atom stereocenters. The van der Waals surface area contributed by atoms with Crippen LogP contribution in [0.15, 0.2) is 28.7 Å². The molecule has 1 aliphatic heterocycles. The number of ether oxygens (including phenoxy) is 1. The van der Waals surface area contributed by atoms with Crippen LogP contribution in [-0.4, -0.2) is 19.7 Å². The Hall–Kier alpha value is -0.380. The van der Waals surface area contributed by atoms with E-state index in [2.05, 4.69) is 46.4 Å². The molecule has 0 radical (unpaired) electrons. The summed E-state index contributed by atoms with van der Waals surface area (Å²) in [6, 6.07) is 8.36. The quantitative estimate of drug-likeness (QED) is 0.917. The van der Waals surface area contributed by atoms with E-state index in [1.807, 2.05) is 6.07 Å². The molecule has 0 bridgehead atoms. The lowest BCUT2D eigenvalue weighted by Crippen LogP contribution is -2.24. The van der Waals surface area contributed by atoms with Gasteiger partial charge in [-0.15, -0.1) is 0 Å². The average Bonchev–Trinajstić information content (AvgIpc) is 2.75. The van der Waals surface area contributed by atoms with E-state index >= 15 is 0 Å². The van der Waals surface area contributed by atoms with Crippen LogP contribution in [0.1, 0.15) is 25.0 Å². The minimum absolute atomic E-state index is 0.245. The van der Waals surface area contributed by atoms with E-state index in [9.17, 15) is 0 Å². The first-order valence-electron chi connectivity index (χ1n) is 5.89. The summed E-state index contributed by atoms with van der Waals surface area (Å²) >= 11 is 3.60. The predicted octanol–water partition coefficient (Wildman–Crippen LogP) is 3.14. The molecule has 0 aromatic heterocycles. The van der Waals surface area contributed by atoms with Crippen LogP contribution in [0.4, 0.5) is 0 Å². The van der Waals surface area contributed by atoms with E-state index < -0.39 is 0 Å². The van der Waals surface area contributed by atoms with Gasteiger partial charge < -0.3 is 10.1 Å². The van der Waals surface area contributed by atoms with Crippen LogP contribution in [0.2, 0.25) is 0 Å². The van der Waals surface area contributed by atoms with Gasteiger partial charge in [0.15, 0.2) is 0 Å². The van der Waals surface area contributed by atoms with Gasteiger partial charge in [-0.1, -0.05) is 41.1 Å². The Balaban J connectivity index is 2.10. The maximum atomic E-state index is 5.86. The van der Waals surface area contributed by atoms with E-state index in [4.69, 9.17) is 4.74 Å². The molecule has 2 unspecified atom stereocenters. The van der Waals surface area contributed by atoms with Gasteiger partial charge in [0, 0.05) is 23.5 Å². The summed E-state index contributed by atoms with van der Waals surface area (Å²) < 4.78 is 7.02. The van der Waals surface area contributed by atoms with Crippen LogP contribution < -0.4 is 5.32 Å². The Morgan fingerprint density at radius 3 is 3.00 bits per heavy atom. The molecule has 88 valence electrons. The van der Waals surface area contributed by atoms with Gasteiger partial charge in [0.25, 0.3) is 0 Å². The number of nitrogens with one attached hydrogen (secondary N) is 1. The Kier molecular flexibility index (Phi) is 4.38. The van der Waals surface area contributed by atoms with E-state index in [0.29, 0.717) is 5.92 Å². The Labute approximate surface area is 106 Å². The summed E-state index contributed by atoms with van der Waals surface area (Å²) in [5.74, 6) is 0.596. The molecular weight excluding hydrogens is 266 g/mol. The van der Waals surface area contributed by atoms with Crippen molar-refractivity contribution in [2.24, 2.45) is 5.92 Å². The highest BCUT2D eigenvalue weighted by Crippen LogP contribution is 2.37. The fourth-order valence-electron chi connectivity index (χ4n) is 2.22. The third-order valence-electron chi connectivity index (χ3n) is 3.08. The number of hydrogen-bond donors (Lipinski definition) is 1. The van der Waals surface area contributed by atoms with Crippen molar-refractivity contribution in [1.29, 1.82) is 0 Å². The molecule has 1 saturated heterocycles. The van der Waals surface area contributed by atoms with Crippen LogP contribution in [0.3, 0.4) is 0 Å². The number of benzene rings is 1. The molecule has 2 nitrogen and oxygen atoms in total. The molecule has 1 heterocycles. The molecule has 0 aliphatic carbocycles. The van der Waals surface area contributed by atoms with Gasteiger partial charge in [-0.25, -0.2) is 0 Å². The van der Waals surface area contributed by atoms with Crippen molar-refractivity contribution in [2.75, 3.05) is 19.7 Å². The number of halogens is 1. The van der Waals surface area contributed by atoms with Crippen LogP contribution in [0.5, 0.6) is 0 Å². The first-order chi connectivity index (χ1) is 7.83. The standard InChI is InChI=1S/C13H18BrNO/c1-2-15-9-10-7-8-16-13(10)11-5-3-4-6-12(11)14/h3-6,10,13,15H,2,7-9H2,1H3. The normalized spacial score (nSPS) is 24.9. The fraction of sp³-hybridized carbons (Fsp3) is 0.538. The smallest absolute Gasteiger partial charge is 0.0876 e. The molecule has 1 N–H and O–H groups in total. The summed E-state index contributed by atoms with van der Waals surface area (Å²) in [6.07, 6.45) is 1.40. The predicted molar refractivity (Wildman–Crippen MR) is 69.5 cm³/mol. The molecule has 1 aromatic rings. The molecule has 0 spiro atoms. The largest absolute Gasteiger partial charge is 0.373 e. The second-order valence-corrected chi connectivity index (χ2v) is 5.02. The average molecular weight is 284 g/mol. The number of hydrogen-bond acceptors (Lipinski definition) is 2. The molecule has 3 heteroatoms. The van der Waals surface area contributed by atoms with Crippen molar-refractivity contribution in [3.8, 4) is 0 Å². The molecule has 1 aliphatic rings. The molecule has 1 aromatic carbocycles. The lowest BCUT2D eigenvalue weighted by atomic mass is 9.95. The molecule has 0 saturated carbocycles. The Bertz CT molecular complexity index is 342. The molecule has 2 rings (SSSR count). The van der Waals surface area contributed by atoms with Gasteiger partial charge in [-0.05, 0) is 24.6 Å². The summed E-state index contributed by atoms with van der Waals surface area (Å²) in [6.45, 7) is 5.09. The topological polar surface area (TPSA) is 21.3 Å². The van der Waals surface area contributed by atoms with Gasteiger partial charge in [0.2, 0.25) is 0 Å². The van der Waals surface area contributed by atoms with Crippen molar-refractivity contribution in [3.05, 3.63) is 34.3 Å². The van der Waals surface area contributed by atoms with Crippen LogP contribution in [-0.2, 0) is 4.74 Å². The van der Waals surface area contributed by atoms with Crippen molar-refractivity contribution in [3.63, 3.8) is 0 Å². The SMILES string of the molecule is CCNCC1CCOC1c1ccccc1Br. The second kappa shape index (κ2) is 5.80. The van der Waals surface area contributed by atoms with Crippen molar-refractivity contribution < 1.29 is 4.74 Å². The van der Waals surface area contributed by atoms with E-state index in [0.717, 1.165) is 30.6 Å². The molecule has 16 heavy (non-hydrogen) atoms. The van der Waals surface area contributed by atoms with Crippen LogP contribution in [0.25, 0.3) is 0 Å². The van der Waals surface area contributed by atoms with Crippen LogP contribution in [0, 0.1) is 5.92 Å². The molecule has 1 fully saturated rings. The van der Waals surface area contributed by atoms with Crippen molar-refractivity contribution in [1.82, 2.24) is 5.32 Å². The third kappa shape index (κ3) is 2.65. The minimum Gasteiger partial charge on any atom is -0.373 e. The van der Waals surface area contributed by atoms with Gasteiger partial charge in [0.1, 0.15) is 0 Å². The zero-order chi connectivity index (χ0) is 11.4. The maximum Gasteiger partial charge on any atom is 0.0876 e. The fourth-order valence-corrected chi connectivity index (χ4v) is 2.73. The summed E-state index contributed by atoms with van der Waals surface area (Å²) in [4.78, 5) is 0. The monoisotopic (exact) mass is 283 g/mol. The molecule has 0 amide bonds. The van der Waals surface area contributed by atoms with Crippen LogP contribution >= 0.6 is 15.9 Å². The van der Waals surface area contributed by atoms with E-state index in [1.165, 1.54) is 5.56 Å². The summed E-state index contributed by atoms with van der Waals surface area (Å²) in [7, 11) is 0. The van der Waals surface area contributed by atoms with E-state index in [1.54, 1.807) is 0 Å². The Morgan fingerprint density at radius 1 is 1.44 bits per heavy atom. The van der Waals surface area contributed by atoms with Gasteiger partial charge in [0.05, 0.1) is 6.10 Å². The Morgan fingerprint density at radius 2 is 2.25 bits per heavy atom. The second-order valence-electron chi connectivity index (χ2n) is 4.17. The summed E-state index contributed by atoms with van der Waals surface area (Å²) in [5, 5.41) is 3.41. The summed E-state index contributed by atoms with van der Waals surface area (Å²) in [5.41, 5.74) is 1.28. The van der Waals surface area contributed by atoms with Crippen molar-refractivity contribution >= 4 is 15.9 Å². The third-order valence-corrected chi connectivity index (χ3v) is 3.80. The van der Waals surface area contributed by atoms with Crippen molar-refractivity contribution in [2.45, 2.75) is 19.4 Å². The minimum atomic E-state index is 0.245.